The Bertz CT molecular complexity index is 446. The molecule has 1 N–H and O–H groups in total. The molecular formula is C12H12O4. The fourth-order valence-corrected chi connectivity index (χ4v) is 1.33. The topological polar surface area (TPSA) is 63.6 Å². The number of aromatic hydroxyl groups is 1. The molecule has 1 aromatic carbocycles. The van der Waals surface area contributed by atoms with Crippen LogP contribution in [0, 0.1) is 0 Å². The third-order valence-electron chi connectivity index (χ3n) is 1.94. The second kappa shape index (κ2) is 5.23. The zero-order valence-electron chi connectivity index (χ0n) is 9.06. The largest absolute Gasteiger partial charge is 0.507 e. The van der Waals surface area contributed by atoms with Crippen LogP contribution in [0.25, 0.3) is 0 Å². The highest BCUT2D eigenvalue weighted by Crippen LogP contribution is 2.25. The van der Waals surface area contributed by atoms with Crippen LogP contribution in [0.3, 0.4) is 0 Å². The fraction of sp³-hybridized carbons (Fsp3) is 0.167. The fourth-order valence-electron chi connectivity index (χ4n) is 1.33. The van der Waals surface area contributed by atoms with Crippen molar-refractivity contribution in [3.8, 4) is 5.75 Å². The number of methoxy groups -OCH3 is 1. The molecule has 0 heterocycles. The molecule has 4 heteroatoms. The number of hydrogen-bond acceptors (Lipinski definition) is 4. The minimum absolute atomic E-state index is 0.106. The molecule has 0 aliphatic heterocycles. The molecule has 0 radical (unpaired) electrons. The van der Waals surface area contributed by atoms with Gasteiger partial charge in [0.15, 0.2) is 11.6 Å². The van der Waals surface area contributed by atoms with Gasteiger partial charge in [-0.3, -0.25) is 9.59 Å². The Labute approximate surface area is 93.2 Å². The standard InChI is InChI=1S/C10H6O3.C2H6O/c11-7-4-5-9(13)10-6(7)2-1-3-8(10)12;1-3-2/h1-5,12H;1-2H3. The Morgan fingerprint density at radius 2 is 1.62 bits per heavy atom. The van der Waals surface area contributed by atoms with E-state index in [0.717, 1.165) is 0 Å². The van der Waals surface area contributed by atoms with Crippen molar-refractivity contribution in [2.24, 2.45) is 0 Å². The molecule has 0 amide bonds. The number of fused-ring (bicyclic) bond motifs is 1. The second-order valence-corrected chi connectivity index (χ2v) is 3.17. The van der Waals surface area contributed by atoms with Crippen molar-refractivity contribution in [3.05, 3.63) is 41.5 Å². The number of ether oxygens (including phenoxy) is 1. The number of hydrogen-bond donors (Lipinski definition) is 1. The molecule has 1 aliphatic carbocycles. The van der Waals surface area contributed by atoms with Crippen LogP contribution in [0.1, 0.15) is 20.7 Å². The second-order valence-electron chi connectivity index (χ2n) is 3.17. The number of phenolic OH excluding ortho intramolecular Hbond substituents is 1. The van der Waals surface area contributed by atoms with E-state index in [1.54, 1.807) is 20.3 Å². The Balaban J connectivity index is 0.000000386. The average molecular weight is 220 g/mol. The molecule has 0 fully saturated rings. The van der Waals surface area contributed by atoms with Crippen molar-refractivity contribution >= 4 is 11.6 Å². The first-order valence-electron chi connectivity index (χ1n) is 4.60. The summed E-state index contributed by atoms with van der Waals surface area (Å²) in [7, 11) is 3.25. The SMILES string of the molecule is COC.O=C1C=CC(=O)c2c(O)cccc21. The van der Waals surface area contributed by atoms with Gasteiger partial charge in [-0.1, -0.05) is 12.1 Å². The maximum absolute atomic E-state index is 11.3. The Kier molecular flexibility index (Phi) is 3.96. The van der Waals surface area contributed by atoms with E-state index in [-0.39, 0.29) is 28.4 Å². The van der Waals surface area contributed by atoms with Gasteiger partial charge in [-0.05, 0) is 18.2 Å². The molecule has 0 atom stereocenters. The van der Waals surface area contributed by atoms with Gasteiger partial charge in [0, 0.05) is 19.8 Å². The first kappa shape index (κ1) is 12.1. The number of carbonyl (C=O) groups is 2. The maximum atomic E-state index is 11.3. The number of phenols is 1. The normalized spacial score (nSPS) is 12.9. The highest BCUT2D eigenvalue weighted by molar-refractivity contribution is 6.23. The van der Waals surface area contributed by atoms with Gasteiger partial charge in [0.1, 0.15) is 5.75 Å². The lowest BCUT2D eigenvalue weighted by atomic mass is 9.94. The first-order chi connectivity index (χ1) is 7.61. The molecule has 0 saturated heterocycles. The summed E-state index contributed by atoms with van der Waals surface area (Å²) in [5.74, 6) is -0.710. The molecule has 0 unspecified atom stereocenters. The molecule has 0 bridgehead atoms. The van der Waals surface area contributed by atoms with E-state index in [9.17, 15) is 14.7 Å². The lowest BCUT2D eigenvalue weighted by molar-refractivity contribution is 0.0991. The predicted octanol–water partition coefficient (Wildman–Crippen LogP) is 1.59. The van der Waals surface area contributed by atoms with Crippen LogP contribution < -0.4 is 0 Å². The Morgan fingerprint density at radius 3 is 2.19 bits per heavy atom. The van der Waals surface area contributed by atoms with Crippen molar-refractivity contribution in [2.45, 2.75) is 0 Å². The first-order valence-corrected chi connectivity index (χ1v) is 4.60. The van der Waals surface area contributed by atoms with E-state index in [0.29, 0.717) is 0 Å². The summed E-state index contributed by atoms with van der Waals surface area (Å²) in [6, 6.07) is 4.46. The van der Waals surface area contributed by atoms with Crippen LogP contribution in [0.4, 0.5) is 0 Å². The monoisotopic (exact) mass is 220 g/mol. The van der Waals surface area contributed by atoms with E-state index in [4.69, 9.17) is 0 Å². The molecule has 1 aromatic rings. The molecule has 4 nitrogen and oxygen atoms in total. The zero-order chi connectivity index (χ0) is 12.1. The van der Waals surface area contributed by atoms with Crippen molar-refractivity contribution in [1.82, 2.24) is 0 Å². The Hall–Kier alpha value is -1.94. The lowest BCUT2D eigenvalue weighted by Crippen LogP contribution is -2.11. The van der Waals surface area contributed by atoms with Gasteiger partial charge in [-0.25, -0.2) is 0 Å². The summed E-state index contributed by atoms with van der Waals surface area (Å²) in [5, 5.41) is 9.34. The van der Waals surface area contributed by atoms with Crippen molar-refractivity contribution in [3.63, 3.8) is 0 Å². The number of ketones is 2. The van der Waals surface area contributed by atoms with Crippen LogP contribution in [0.15, 0.2) is 30.4 Å². The molecular weight excluding hydrogens is 208 g/mol. The van der Waals surface area contributed by atoms with E-state index in [1.807, 2.05) is 0 Å². The van der Waals surface area contributed by atoms with Gasteiger partial charge in [-0.15, -0.1) is 0 Å². The van der Waals surface area contributed by atoms with E-state index < -0.39 is 0 Å². The smallest absolute Gasteiger partial charge is 0.190 e. The van der Waals surface area contributed by atoms with Gasteiger partial charge in [0.2, 0.25) is 0 Å². The van der Waals surface area contributed by atoms with Crippen molar-refractivity contribution in [2.75, 3.05) is 14.2 Å². The van der Waals surface area contributed by atoms with Gasteiger partial charge >= 0.3 is 0 Å². The number of allylic oxidation sites excluding steroid dienone is 2. The van der Waals surface area contributed by atoms with E-state index >= 15 is 0 Å². The van der Waals surface area contributed by atoms with Gasteiger partial charge in [0.05, 0.1) is 5.56 Å². The summed E-state index contributed by atoms with van der Waals surface area (Å²) < 4.78 is 4.25. The minimum atomic E-state index is -0.326. The summed E-state index contributed by atoms with van der Waals surface area (Å²) >= 11 is 0. The number of carbonyl (C=O) groups excluding carboxylic acids is 2. The van der Waals surface area contributed by atoms with Gasteiger partial charge < -0.3 is 9.84 Å². The van der Waals surface area contributed by atoms with Crippen molar-refractivity contribution in [1.29, 1.82) is 0 Å². The van der Waals surface area contributed by atoms with Crippen molar-refractivity contribution < 1.29 is 19.4 Å². The van der Waals surface area contributed by atoms with Crippen LogP contribution in [-0.2, 0) is 4.74 Å². The third kappa shape index (κ3) is 2.35. The highest BCUT2D eigenvalue weighted by atomic mass is 16.4. The quantitative estimate of drug-likeness (QED) is 0.721. The van der Waals surface area contributed by atoms with Crippen LogP contribution >= 0.6 is 0 Å². The molecule has 0 spiro atoms. The predicted molar refractivity (Wildman–Crippen MR) is 58.8 cm³/mol. The third-order valence-corrected chi connectivity index (χ3v) is 1.94. The van der Waals surface area contributed by atoms with Gasteiger partial charge in [-0.2, -0.15) is 0 Å². The summed E-state index contributed by atoms with van der Waals surface area (Å²) in [5.41, 5.74) is 0.377. The van der Waals surface area contributed by atoms with Gasteiger partial charge in [0.25, 0.3) is 0 Å². The average Bonchev–Trinajstić information content (AvgIpc) is 2.25. The van der Waals surface area contributed by atoms with E-state index in [1.165, 1.54) is 24.3 Å². The minimum Gasteiger partial charge on any atom is -0.507 e. The van der Waals surface area contributed by atoms with E-state index in [2.05, 4.69) is 4.74 Å². The molecule has 84 valence electrons. The van der Waals surface area contributed by atoms with Crippen LogP contribution in [0.2, 0.25) is 0 Å². The molecule has 1 aliphatic rings. The summed E-state index contributed by atoms with van der Waals surface area (Å²) in [4.78, 5) is 22.5. The molecule has 0 saturated carbocycles. The Morgan fingerprint density at radius 1 is 1.06 bits per heavy atom. The maximum Gasteiger partial charge on any atom is 0.190 e. The molecule has 0 aromatic heterocycles. The summed E-state index contributed by atoms with van der Waals surface area (Å²) in [6.07, 6.45) is 2.38. The number of benzene rings is 1. The summed E-state index contributed by atoms with van der Waals surface area (Å²) in [6.45, 7) is 0. The van der Waals surface area contributed by atoms with Crippen LogP contribution in [0.5, 0.6) is 5.75 Å². The lowest BCUT2D eigenvalue weighted by Gasteiger charge is -2.09. The molecule has 16 heavy (non-hydrogen) atoms. The number of rotatable bonds is 0. The highest BCUT2D eigenvalue weighted by Gasteiger charge is 2.21. The van der Waals surface area contributed by atoms with Crippen LogP contribution in [-0.4, -0.2) is 30.9 Å². The molecule has 2 rings (SSSR count). The zero-order valence-corrected chi connectivity index (χ0v) is 9.06.